The quantitative estimate of drug-likeness (QED) is 0.394. The SMILES string of the molecule is Cc1ccc(CC(=O)Cc2ccc(Oc3ccnc(NC(=O)C4CC4)c3)cc2F)cc1C(F)(F)F. The molecule has 0 atom stereocenters. The number of ketones is 1. The fourth-order valence-corrected chi connectivity index (χ4v) is 3.57. The fraction of sp³-hybridized carbons (Fsp3) is 0.269. The summed E-state index contributed by atoms with van der Waals surface area (Å²) in [6.07, 6.45) is -1.85. The number of hydrogen-bond donors (Lipinski definition) is 1. The van der Waals surface area contributed by atoms with Crippen molar-refractivity contribution in [1.82, 2.24) is 4.98 Å². The summed E-state index contributed by atoms with van der Waals surface area (Å²) >= 11 is 0. The second kappa shape index (κ2) is 9.85. The van der Waals surface area contributed by atoms with Gasteiger partial charge in [-0.2, -0.15) is 13.2 Å². The van der Waals surface area contributed by atoms with Crippen molar-refractivity contribution < 1.29 is 31.9 Å². The molecule has 2 aromatic carbocycles. The van der Waals surface area contributed by atoms with E-state index in [4.69, 9.17) is 4.74 Å². The van der Waals surface area contributed by atoms with E-state index in [2.05, 4.69) is 10.3 Å². The number of nitrogens with zero attached hydrogens (tertiary/aromatic N) is 1. The molecule has 0 radical (unpaired) electrons. The van der Waals surface area contributed by atoms with Crippen LogP contribution in [0.4, 0.5) is 23.4 Å². The molecule has 35 heavy (non-hydrogen) atoms. The van der Waals surface area contributed by atoms with E-state index in [0.29, 0.717) is 11.6 Å². The van der Waals surface area contributed by atoms with Crippen molar-refractivity contribution >= 4 is 17.5 Å². The Labute approximate surface area is 199 Å². The lowest BCUT2D eigenvalue weighted by molar-refractivity contribution is -0.138. The Kier molecular flexibility index (Phi) is 6.86. The summed E-state index contributed by atoms with van der Waals surface area (Å²) in [6, 6.07) is 10.8. The number of halogens is 4. The Bertz CT molecular complexity index is 1270. The first kappa shape index (κ1) is 24.4. The number of alkyl halides is 3. The second-order valence-electron chi connectivity index (χ2n) is 8.53. The number of benzene rings is 2. The summed E-state index contributed by atoms with van der Waals surface area (Å²) in [6.45, 7) is 1.35. The number of pyridine rings is 1. The maximum atomic E-state index is 14.6. The van der Waals surface area contributed by atoms with Gasteiger partial charge in [-0.1, -0.05) is 18.2 Å². The Balaban J connectivity index is 1.39. The Hall–Kier alpha value is -3.75. The molecule has 3 aromatic rings. The van der Waals surface area contributed by atoms with Gasteiger partial charge in [0.15, 0.2) is 0 Å². The van der Waals surface area contributed by atoms with Crippen molar-refractivity contribution in [2.24, 2.45) is 5.92 Å². The third-order valence-corrected chi connectivity index (χ3v) is 5.59. The van der Waals surface area contributed by atoms with Gasteiger partial charge >= 0.3 is 6.18 Å². The summed E-state index contributed by atoms with van der Waals surface area (Å²) in [4.78, 5) is 28.4. The van der Waals surface area contributed by atoms with Gasteiger partial charge in [-0.15, -0.1) is 0 Å². The van der Waals surface area contributed by atoms with Crippen LogP contribution < -0.4 is 10.1 Å². The van der Waals surface area contributed by atoms with Crippen molar-refractivity contribution in [1.29, 1.82) is 0 Å². The third-order valence-electron chi connectivity index (χ3n) is 5.59. The number of anilines is 1. The van der Waals surface area contributed by atoms with Gasteiger partial charge in [0, 0.05) is 37.1 Å². The molecule has 0 bridgehead atoms. The van der Waals surface area contributed by atoms with Gasteiger partial charge in [0.25, 0.3) is 0 Å². The van der Waals surface area contributed by atoms with E-state index >= 15 is 0 Å². The van der Waals surface area contributed by atoms with Crippen molar-refractivity contribution in [3.8, 4) is 11.5 Å². The van der Waals surface area contributed by atoms with Crippen LogP contribution in [0, 0.1) is 18.7 Å². The summed E-state index contributed by atoms with van der Waals surface area (Å²) in [5.41, 5.74) is -0.392. The lowest BCUT2D eigenvalue weighted by Gasteiger charge is -2.12. The monoisotopic (exact) mass is 486 g/mol. The molecule has 1 fully saturated rings. The standard InChI is InChI=1S/C26H22F4N2O3/c1-15-2-3-16(11-22(15)26(28,29)30)10-19(33)12-18-6-7-20(13-23(18)27)35-21-8-9-31-24(14-21)32-25(34)17-4-5-17/h2-3,6-9,11,13-14,17H,4-5,10,12H2,1H3,(H,31,32,34). The number of rotatable bonds is 8. The molecule has 0 saturated heterocycles. The highest BCUT2D eigenvalue weighted by atomic mass is 19.4. The van der Waals surface area contributed by atoms with Crippen molar-refractivity contribution in [2.45, 2.75) is 38.8 Å². The average molecular weight is 486 g/mol. The number of nitrogens with one attached hydrogen (secondary N) is 1. The molecule has 0 unspecified atom stereocenters. The number of amides is 1. The van der Waals surface area contributed by atoms with Gasteiger partial charge in [-0.05, 0) is 54.7 Å². The van der Waals surface area contributed by atoms with E-state index in [9.17, 15) is 27.2 Å². The number of hydrogen-bond acceptors (Lipinski definition) is 4. The van der Waals surface area contributed by atoms with Crippen molar-refractivity contribution in [3.05, 3.63) is 82.8 Å². The van der Waals surface area contributed by atoms with E-state index in [0.717, 1.165) is 25.0 Å². The lowest BCUT2D eigenvalue weighted by Crippen LogP contribution is -2.14. The largest absolute Gasteiger partial charge is 0.457 e. The van der Waals surface area contributed by atoms with Gasteiger partial charge in [-0.25, -0.2) is 9.37 Å². The predicted octanol–water partition coefficient (Wildman–Crippen LogP) is 6.04. The number of carbonyl (C=O) groups excluding carboxylic acids is 2. The number of aromatic nitrogens is 1. The Morgan fingerprint density at radius 3 is 2.46 bits per heavy atom. The topological polar surface area (TPSA) is 68.3 Å². The van der Waals surface area contributed by atoms with Gasteiger partial charge < -0.3 is 10.1 Å². The first-order valence-corrected chi connectivity index (χ1v) is 11.0. The Morgan fingerprint density at radius 1 is 1.03 bits per heavy atom. The molecule has 9 heteroatoms. The molecule has 0 aliphatic heterocycles. The fourth-order valence-electron chi connectivity index (χ4n) is 3.57. The zero-order valence-corrected chi connectivity index (χ0v) is 18.8. The summed E-state index contributed by atoms with van der Waals surface area (Å²) < 4.78 is 59.6. The van der Waals surface area contributed by atoms with Crippen LogP contribution in [0.3, 0.4) is 0 Å². The van der Waals surface area contributed by atoms with Crippen molar-refractivity contribution in [3.63, 3.8) is 0 Å². The van der Waals surface area contributed by atoms with E-state index in [1.165, 1.54) is 43.5 Å². The normalized spacial score (nSPS) is 13.4. The molecule has 1 N–H and O–H groups in total. The highest BCUT2D eigenvalue weighted by molar-refractivity contribution is 5.93. The van der Waals surface area contributed by atoms with Gasteiger partial charge in [0.05, 0.1) is 5.56 Å². The van der Waals surface area contributed by atoms with Crippen LogP contribution in [0.15, 0.2) is 54.7 Å². The molecule has 5 nitrogen and oxygen atoms in total. The molecule has 1 aromatic heterocycles. The van der Waals surface area contributed by atoms with Gasteiger partial charge in [-0.3, -0.25) is 9.59 Å². The molecular weight excluding hydrogens is 464 g/mol. The van der Waals surface area contributed by atoms with Crippen LogP contribution in [-0.2, 0) is 28.6 Å². The van der Waals surface area contributed by atoms with Crippen LogP contribution in [0.1, 0.15) is 35.1 Å². The first-order valence-electron chi connectivity index (χ1n) is 11.0. The highest BCUT2D eigenvalue weighted by Crippen LogP contribution is 2.33. The average Bonchev–Trinajstić information content (AvgIpc) is 3.62. The molecule has 1 aliphatic carbocycles. The molecule has 1 amide bonds. The summed E-state index contributed by atoms with van der Waals surface area (Å²) in [5, 5.41) is 2.70. The zero-order valence-electron chi connectivity index (χ0n) is 18.8. The minimum atomic E-state index is -4.51. The van der Waals surface area contributed by atoms with Gasteiger partial charge in [0.2, 0.25) is 5.91 Å². The van der Waals surface area contributed by atoms with E-state index < -0.39 is 23.3 Å². The minimum Gasteiger partial charge on any atom is -0.457 e. The number of aryl methyl sites for hydroxylation is 1. The smallest absolute Gasteiger partial charge is 0.416 e. The summed E-state index contributed by atoms with van der Waals surface area (Å²) in [7, 11) is 0. The van der Waals surface area contributed by atoms with E-state index in [1.807, 2.05) is 0 Å². The maximum Gasteiger partial charge on any atom is 0.416 e. The van der Waals surface area contributed by atoms with Crippen LogP contribution in [0.5, 0.6) is 11.5 Å². The van der Waals surface area contributed by atoms with Crippen molar-refractivity contribution in [2.75, 3.05) is 5.32 Å². The molecule has 4 rings (SSSR count). The predicted molar refractivity (Wildman–Crippen MR) is 121 cm³/mol. The molecule has 0 spiro atoms. The number of ether oxygens (including phenoxy) is 1. The molecule has 182 valence electrons. The highest BCUT2D eigenvalue weighted by Gasteiger charge is 2.32. The molecule has 1 heterocycles. The maximum absolute atomic E-state index is 14.6. The minimum absolute atomic E-state index is 0.0171. The van der Waals surface area contributed by atoms with E-state index in [1.54, 1.807) is 6.07 Å². The number of Topliss-reactive ketones (excluding diaryl/α,β-unsaturated/α-hetero) is 1. The zero-order chi connectivity index (χ0) is 25.2. The second-order valence-corrected chi connectivity index (χ2v) is 8.53. The third kappa shape index (κ3) is 6.44. The van der Waals surface area contributed by atoms with Gasteiger partial charge in [0.1, 0.15) is 28.9 Å². The van der Waals surface area contributed by atoms with E-state index in [-0.39, 0.29) is 47.1 Å². The summed E-state index contributed by atoms with van der Waals surface area (Å²) in [5.74, 6) is -0.330. The molecular formula is C26H22F4N2O3. The molecule has 1 saturated carbocycles. The van der Waals surface area contributed by atoms with Crippen LogP contribution in [0.2, 0.25) is 0 Å². The molecule has 1 aliphatic rings. The van der Waals surface area contributed by atoms with Crippen LogP contribution in [-0.4, -0.2) is 16.7 Å². The van der Waals surface area contributed by atoms with Crippen LogP contribution >= 0.6 is 0 Å². The van der Waals surface area contributed by atoms with Crippen LogP contribution in [0.25, 0.3) is 0 Å². The Morgan fingerprint density at radius 2 is 1.77 bits per heavy atom. The first-order chi connectivity index (χ1) is 16.6. The lowest BCUT2D eigenvalue weighted by atomic mass is 9.98. The number of carbonyl (C=O) groups is 2.